The molecule has 56 heavy (non-hydrogen) atoms. The van der Waals surface area contributed by atoms with Gasteiger partial charge in [0.05, 0.1) is 24.9 Å². The number of nitrogens with zero attached hydrogens (tertiary/aromatic N) is 3. The van der Waals surface area contributed by atoms with Crippen molar-refractivity contribution in [2.75, 3.05) is 19.0 Å². The number of carboxylic acid groups (broad SMARTS) is 1. The van der Waals surface area contributed by atoms with Crippen LogP contribution in [0.4, 0.5) is 9.93 Å². The summed E-state index contributed by atoms with van der Waals surface area (Å²) in [4.78, 5) is 65.5. The molecule has 1 aliphatic heterocycles. The Morgan fingerprint density at radius 2 is 1.77 bits per heavy atom. The molecule has 3 saturated carbocycles. The van der Waals surface area contributed by atoms with Gasteiger partial charge in [-0.25, -0.2) is 19.6 Å². The Morgan fingerprint density at radius 1 is 1.04 bits per heavy atom. The van der Waals surface area contributed by atoms with Crippen molar-refractivity contribution in [2.24, 2.45) is 11.3 Å². The maximum Gasteiger partial charge on any atom is 0.408 e. The normalized spacial score (nSPS) is 24.4. The maximum absolute atomic E-state index is 14.6. The van der Waals surface area contributed by atoms with Crippen LogP contribution in [-0.2, 0) is 19.1 Å². The lowest BCUT2D eigenvalue weighted by molar-refractivity contribution is -0.146. The first-order valence-electron chi connectivity index (χ1n) is 19.6. The van der Waals surface area contributed by atoms with E-state index in [0.29, 0.717) is 39.8 Å². The van der Waals surface area contributed by atoms with Crippen molar-refractivity contribution in [3.63, 3.8) is 0 Å². The summed E-state index contributed by atoms with van der Waals surface area (Å²) in [6.07, 6.45) is 8.31. The molecule has 4 N–H and O–H groups in total. The van der Waals surface area contributed by atoms with Crippen LogP contribution < -0.4 is 25.4 Å². The van der Waals surface area contributed by atoms with Crippen LogP contribution in [0, 0.1) is 11.3 Å². The number of carboxylic acids is 1. The molecule has 0 radical (unpaired) electrons. The van der Waals surface area contributed by atoms with Crippen molar-refractivity contribution in [1.29, 1.82) is 0 Å². The van der Waals surface area contributed by atoms with Gasteiger partial charge >= 0.3 is 12.1 Å². The van der Waals surface area contributed by atoms with Crippen LogP contribution in [0.15, 0.2) is 42.3 Å². The van der Waals surface area contributed by atoms with E-state index >= 15 is 0 Å². The number of alkyl carbamates (subject to hydrolysis) is 1. The molecule has 3 aliphatic carbocycles. The highest BCUT2D eigenvalue weighted by Gasteiger charge is 2.61. The number of carbonyl (C=O) groups is 4. The number of ether oxygens (including phenoxy) is 3. The lowest BCUT2D eigenvalue weighted by Crippen LogP contribution is -2.59. The number of carbonyl (C=O) groups excluding carboxylic acids is 3. The van der Waals surface area contributed by atoms with Gasteiger partial charge in [0.2, 0.25) is 11.8 Å². The first-order chi connectivity index (χ1) is 26.8. The number of pyridine rings is 1. The number of hydrogen-bond acceptors (Lipinski definition) is 11. The summed E-state index contributed by atoms with van der Waals surface area (Å²) in [7, 11) is 1.58. The average Bonchev–Trinajstić information content (AvgIpc) is 3.80. The second kappa shape index (κ2) is 15.9. The Morgan fingerprint density at radius 3 is 2.43 bits per heavy atom. The summed E-state index contributed by atoms with van der Waals surface area (Å²) in [6.45, 7) is 9.22. The van der Waals surface area contributed by atoms with E-state index < -0.39 is 58.9 Å². The van der Waals surface area contributed by atoms with Crippen LogP contribution in [0.3, 0.4) is 0 Å². The SMILES string of the molecule is C=C[C@@H]1C[C@]1(NC(=O)[C@@H]1C[C@@H](Oc2cc(-c3csc(NC4CCCC4)n3)nc3cc(OC)ccc23)CN1C(=O)[C@@H](NC(=O)OC1CCCC1)C(C)(C)C)C(=O)O. The summed E-state index contributed by atoms with van der Waals surface area (Å²) in [5.74, 6) is -1.64. The largest absolute Gasteiger partial charge is 0.497 e. The van der Waals surface area contributed by atoms with Gasteiger partial charge in [-0.3, -0.25) is 9.59 Å². The number of hydrogen-bond donors (Lipinski definition) is 4. The third-order valence-electron chi connectivity index (χ3n) is 11.5. The minimum atomic E-state index is -1.51. The molecule has 0 unspecified atom stereocenters. The van der Waals surface area contributed by atoms with Gasteiger partial charge in [0.25, 0.3) is 0 Å². The zero-order valence-corrected chi connectivity index (χ0v) is 33.3. The molecule has 4 fully saturated rings. The van der Waals surface area contributed by atoms with Crippen molar-refractivity contribution < 1.29 is 38.5 Å². The number of rotatable bonds is 13. The van der Waals surface area contributed by atoms with Crippen LogP contribution in [0.5, 0.6) is 11.5 Å². The summed E-state index contributed by atoms with van der Waals surface area (Å²) < 4.78 is 17.9. The average molecular weight is 789 g/mol. The first kappa shape index (κ1) is 39.3. The summed E-state index contributed by atoms with van der Waals surface area (Å²) in [5, 5.41) is 22.7. The smallest absolute Gasteiger partial charge is 0.408 e. The van der Waals surface area contributed by atoms with Crippen LogP contribution >= 0.6 is 11.3 Å². The number of aromatic nitrogens is 2. The van der Waals surface area contributed by atoms with Gasteiger partial charge in [-0.1, -0.05) is 39.7 Å². The van der Waals surface area contributed by atoms with E-state index in [1.807, 2.05) is 50.4 Å². The summed E-state index contributed by atoms with van der Waals surface area (Å²) in [5.41, 5.74) is -0.405. The molecule has 300 valence electrons. The molecule has 3 heterocycles. The highest BCUT2D eigenvalue weighted by atomic mass is 32.1. The van der Waals surface area contributed by atoms with Crippen molar-refractivity contribution in [3.05, 3.63) is 42.3 Å². The maximum atomic E-state index is 14.6. The molecule has 14 nitrogen and oxygen atoms in total. The number of thiazole rings is 1. The van der Waals surface area contributed by atoms with E-state index in [9.17, 15) is 24.3 Å². The molecule has 5 atom stereocenters. The molecule has 1 aromatic carbocycles. The molecule has 3 aromatic rings. The molecule has 0 spiro atoms. The summed E-state index contributed by atoms with van der Waals surface area (Å²) >= 11 is 1.52. The molecule has 2 aromatic heterocycles. The number of benzene rings is 1. The Kier molecular flexibility index (Phi) is 11.2. The molecule has 4 aliphatic rings. The topological polar surface area (TPSA) is 181 Å². The van der Waals surface area contributed by atoms with Crippen molar-refractivity contribution in [3.8, 4) is 22.9 Å². The fraction of sp³-hybridized carbons (Fsp3) is 0.561. The number of aliphatic carboxylic acids is 1. The summed E-state index contributed by atoms with van der Waals surface area (Å²) in [6, 6.07) is 5.55. The molecule has 1 saturated heterocycles. The van der Waals surface area contributed by atoms with E-state index in [0.717, 1.165) is 43.7 Å². The van der Waals surface area contributed by atoms with Gasteiger partial charge in [0, 0.05) is 41.3 Å². The Hall–Kier alpha value is -4.92. The standard InChI is InChI=1S/C41H52N6O8S/c1-6-23-20-41(23,37(50)51)46-35(48)32-18-27(21-47(32)36(49)34(40(2,3)4)45-39(52)55-25-13-9-10-14-25)54-33-19-30(43-29-17-26(53-5)15-16-28(29)33)31-22-56-38(44-31)42-24-11-7-8-12-24/h6,15-17,19,22-25,27,32,34H,1,7-14,18,20-21H2,2-5H3,(H,42,44)(H,45,52)(H,46,48)(H,50,51)/t23-,27-,32+,34-,41-/m1/s1. The molecule has 0 bridgehead atoms. The van der Waals surface area contributed by atoms with E-state index in [2.05, 4.69) is 22.5 Å². The minimum absolute atomic E-state index is 0.00469. The Balaban J connectivity index is 1.19. The highest BCUT2D eigenvalue weighted by molar-refractivity contribution is 7.14. The fourth-order valence-corrected chi connectivity index (χ4v) is 9.01. The minimum Gasteiger partial charge on any atom is -0.497 e. The number of amides is 3. The van der Waals surface area contributed by atoms with Crippen molar-refractivity contribution in [2.45, 2.75) is 121 Å². The fourth-order valence-electron chi connectivity index (χ4n) is 8.23. The van der Waals surface area contributed by atoms with Crippen molar-refractivity contribution in [1.82, 2.24) is 25.5 Å². The quantitative estimate of drug-likeness (QED) is 0.143. The van der Waals surface area contributed by atoms with Gasteiger partial charge in [0.15, 0.2) is 5.13 Å². The number of methoxy groups -OCH3 is 1. The van der Waals surface area contributed by atoms with Crippen molar-refractivity contribution >= 4 is 51.2 Å². The molecular formula is C41H52N6O8S. The van der Waals surface area contributed by atoms with E-state index in [1.165, 1.54) is 35.2 Å². The zero-order chi connectivity index (χ0) is 39.8. The van der Waals surface area contributed by atoms with Crippen LogP contribution in [-0.4, -0.2) is 93.4 Å². The van der Waals surface area contributed by atoms with E-state index in [1.54, 1.807) is 7.11 Å². The predicted octanol–water partition coefficient (Wildman–Crippen LogP) is 6.30. The zero-order valence-electron chi connectivity index (χ0n) is 32.5. The number of nitrogens with one attached hydrogen (secondary N) is 3. The van der Waals surface area contributed by atoms with Gasteiger partial charge in [-0.05, 0) is 62.5 Å². The number of likely N-dealkylation sites (tertiary alicyclic amines) is 1. The van der Waals surface area contributed by atoms with Gasteiger partial charge < -0.3 is 40.2 Å². The molecule has 7 rings (SSSR count). The van der Waals surface area contributed by atoms with Gasteiger partial charge in [0.1, 0.15) is 47.0 Å². The molecule has 15 heteroatoms. The van der Waals surface area contributed by atoms with E-state index in [4.69, 9.17) is 24.2 Å². The van der Waals surface area contributed by atoms with E-state index in [-0.39, 0.29) is 25.5 Å². The predicted molar refractivity (Wildman–Crippen MR) is 212 cm³/mol. The third-order valence-corrected chi connectivity index (χ3v) is 12.3. The van der Waals surface area contributed by atoms with Gasteiger partial charge in [-0.2, -0.15) is 0 Å². The van der Waals surface area contributed by atoms with Crippen LogP contribution in [0.25, 0.3) is 22.3 Å². The Labute approximate surface area is 330 Å². The molecule has 3 amide bonds. The third kappa shape index (κ3) is 8.28. The highest BCUT2D eigenvalue weighted by Crippen LogP contribution is 2.45. The van der Waals surface area contributed by atoms with Crippen LogP contribution in [0.2, 0.25) is 0 Å². The first-order valence-corrected chi connectivity index (χ1v) is 20.5. The molecular weight excluding hydrogens is 737 g/mol. The Bertz CT molecular complexity index is 1990. The lowest BCUT2D eigenvalue weighted by Gasteiger charge is -2.35. The number of fused-ring (bicyclic) bond motifs is 1. The van der Waals surface area contributed by atoms with Crippen LogP contribution in [0.1, 0.15) is 85.0 Å². The lowest BCUT2D eigenvalue weighted by atomic mass is 9.85. The second-order valence-corrected chi connectivity index (χ2v) is 17.5. The number of anilines is 1. The monoisotopic (exact) mass is 788 g/mol. The van der Waals surface area contributed by atoms with Gasteiger partial charge in [-0.15, -0.1) is 17.9 Å². The second-order valence-electron chi connectivity index (χ2n) is 16.6.